The fourth-order valence-electron chi connectivity index (χ4n) is 1.64. The van der Waals surface area contributed by atoms with Crippen LogP contribution in [0.3, 0.4) is 0 Å². The van der Waals surface area contributed by atoms with Crippen molar-refractivity contribution in [3.63, 3.8) is 0 Å². The Hall–Kier alpha value is -1.45. The summed E-state index contributed by atoms with van der Waals surface area (Å²) >= 11 is 7.65. The summed E-state index contributed by atoms with van der Waals surface area (Å²) in [6.07, 6.45) is 1.71. The molecule has 0 aliphatic rings. The van der Waals surface area contributed by atoms with Gasteiger partial charge in [-0.25, -0.2) is 9.97 Å². The van der Waals surface area contributed by atoms with Crippen LogP contribution in [0.15, 0.2) is 36.5 Å². The number of hydrogen-bond donors (Lipinski definition) is 0. The largest absolute Gasteiger partial charge is 0.242 e. The number of nitrogens with zero attached hydrogens (tertiary/aromatic N) is 2. The molecule has 3 rings (SSSR count). The maximum atomic E-state index is 6.02. The zero-order valence-electron chi connectivity index (χ0n) is 9.14. The molecule has 2 heterocycles. The predicted octanol–water partition coefficient (Wildman–Crippen LogP) is 4.32. The van der Waals surface area contributed by atoms with Gasteiger partial charge in [0.1, 0.15) is 10.5 Å². The van der Waals surface area contributed by atoms with Crippen LogP contribution in [0.2, 0.25) is 5.15 Å². The van der Waals surface area contributed by atoms with Gasteiger partial charge in [-0.1, -0.05) is 41.4 Å². The first kappa shape index (κ1) is 10.7. The zero-order valence-corrected chi connectivity index (χ0v) is 10.7. The van der Waals surface area contributed by atoms with Crippen LogP contribution in [0.5, 0.6) is 0 Å². The molecule has 0 saturated heterocycles. The number of pyridine rings is 1. The number of fused-ring (bicyclic) bond motifs is 1. The van der Waals surface area contributed by atoms with Crippen molar-refractivity contribution in [1.82, 2.24) is 9.97 Å². The van der Waals surface area contributed by atoms with Crippen LogP contribution < -0.4 is 0 Å². The van der Waals surface area contributed by atoms with Gasteiger partial charge in [0.25, 0.3) is 0 Å². The molecule has 2 aromatic heterocycles. The molecule has 0 spiro atoms. The first-order valence-corrected chi connectivity index (χ1v) is 6.41. The fourth-order valence-corrected chi connectivity index (χ4v) is 2.87. The molecular weight excluding hydrogens is 252 g/mol. The minimum absolute atomic E-state index is 0.470. The second kappa shape index (κ2) is 4.09. The summed E-state index contributed by atoms with van der Waals surface area (Å²) in [5, 5.41) is 1.45. The lowest BCUT2D eigenvalue weighted by Crippen LogP contribution is -1.78. The summed E-state index contributed by atoms with van der Waals surface area (Å²) in [5.74, 6) is 0. The third kappa shape index (κ3) is 1.92. The third-order valence-electron chi connectivity index (χ3n) is 2.56. The number of hydrogen-bond acceptors (Lipinski definition) is 3. The second-order valence-electron chi connectivity index (χ2n) is 3.83. The van der Waals surface area contributed by atoms with Gasteiger partial charge in [0.2, 0.25) is 0 Å². The highest BCUT2D eigenvalue weighted by molar-refractivity contribution is 7.21. The molecular formula is C13H9ClN2S. The van der Waals surface area contributed by atoms with Gasteiger partial charge in [0.15, 0.2) is 5.15 Å². The Kier molecular flexibility index (Phi) is 2.57. The van der Waals surface area contributed by atoms with Gasteiger partial charge >= 0.3 is 0 Å². The molecule has 0 aliphatic carbocycles. The summed E-state index contributed by atoms with van der Waals surface area (Å²) in [6.45, 7) is 2.07. The van der Waals surface area contributed by atoms with Crippen LogP contribution >= 0.6 is 22.9 Å². The highest BCUT2D eigenvalue weighted by Gasteiger charge is 2.08. The maximum Gasteiger partial charge on any atom is 0.156 e. The summed E-state index contributed by atoms with van der Waals surface area (Å²) in [6, 6.07) is 10.3. The molecule has 0 amide bonds. The van der Waals surface area contributed by atoms with E-state index in [0.29, 0.717) is 5.15 Å². The Balaban J connectivity index is 2.18. The van der Waals surface area contributed by atoms with Crippen LogP contribution in [-0.2, 0) is 0 Å². The lowest BCUT2D eigenvalue weighted by molar-refractivity contribution is 1.34. The summed E-state index contributed by atoms with van der Waals surface area (Å²) in [7, 11) is 0. The molecule has 0 fully saturated rings. The molecule has 17 heavy (non-hydrogen) atoms. The van der Waals surface area contributed by atoms with Crippen molar-refractivity contribution >= 4 is 33.2 Å². The fraction of sp³-hybridized carbons (Fsp3) is 0.0769. The van der Waals surface area contributed by atoms with E-state index < -0.39 is 0 Å². The van der Waals surface area contributed by atoms with Gasteiger partial charge in [-0.3, -0.25) is 0 Å². The lowest BCUT2D eigenvalue weighted by Gasteiger charge is -1.95. The van der Waals surface area contributed by atoms with Gasteiger partial charge in [0, 0.05) is 11.8 Å². The van der Waals surface area contributed by atoms with E-state index in [0.717, 1.165) is 20.8 Å². The van der Waals surface area contributed by atoms with Crippen LogP contribution in [0.25, 0.3) is 20.8 Å². The first-order chi connectivity index (χ1) is 8.24. The van der Waals surface area contributed by atoms with Gasteiger partial charge in [-0.15, -0.1) is 11.3 Å². The van der Waals surface area contributed by atoms with E-state index in [9.17, 15) is 0 Å². The third-order valence-corrected chi connectivity index (χ3v) is 3.91. The normalized spacial score (nSPS) is 10.9. The molecule has 84 valence electrons. The van der Waals surface area contributed by atoms with Crippen molar-refractivity contribution < 1.29 is 0 Å². The number of aryl methyl sites for hydroxylation is 1. The minimum Gasteiger partial charge on any atom is -0.242 e. The molecule has 0 bridgehead atoms. The van der Waals surface area contributed by atoms with Crippen molar-refractivity contribution in [3.05, 3.63) is 47.2 Å². The SMILES string of the molecule is Cc1ccc(-c2nc3c(Cl)nccc3s2)cc1. The molecule has 0 radical (unpaired) electrons. The minimum atomic E-state index is 0.470. The van der Waals surface area contributed by atoms with Crippen molar-refractivity contribution in [2.24, 2.45) is 0 Å². The molecule has 1 aromatic carbocycles. The molecule has 4 heteroatoms. The summed E-state index contributed by atoms with van der Waals surface area (Å²) in [4.78, 5) is 8.57. The summed E-state index contributed by atoms with van der Waals surface area (Å²) in [5.41, 5.74) is 3.15. The molecule has 0 aliphatic heterocycles. The smallest absolute Gasteiger partial charge is 0.156 e. The summed E-state index contributed by atoms with van der Waals surface area (Å²) < 4.78 is 1.07. The zero-order chi connectivity index (χ0) is 11.8. The van der Waals surface area contributed by atoms with Crippen LogP contribution in [0, 0.1) is 6.92 Å². The van der Waals surface area contributed by atoms with Gasteiger partial charge in [-0.05, 0) is 13.0 Å². The molecule has 3 aromatic rings. The van der Waals surface area contributed by atoms with E-state index in [-0.39, 0.29) is 0 Å². The average Bonchev–Trinajstić information content (AvgIpc) is 2.75. The standard InChI is InChI=1S/C13H9ClN2S/c1-8-2-4-9(5-3-8)13-16-11-10(17-13)6-7-15-12(11)14/h2-7H,1H3. The average molecular weight is 261 g/mol. The van der Waals surface area contributed by atoms with E-state index in [1.807, 2.05) is 6.07 Å². The molecule has 0 unspecified atom stereocenters. The Morgan fingerprint density at radius 3 is 2.59 bits per heavy atom. The number of thiazole rings is 1. The Morgan fingerprint density at radius 1 is 1.12 bits per heavy atom. The van der Waals surface area contributed by atoms with Crippen LogP contribution in [0.4, 0.5) is 0 Å². The van der Waals surface area contributed by atoms with E-state index >= 15 is 0 Å². The Morgan fingerprint density at radius 2 is 1.88 bits per heavy atom. The van der Waals surface area contributed by atoms with Crippen molar-refractivity contribution in [3.8, 4) is 10.6 Å². The predicted molar refractivity (Wildman–Crippen MR) is 72.6 cm³/mol. The maximum absolute atomic E-state index is 6.02. The van der Waals surface area contributed by atoms with E-state index in [1.165, 1.54) is 5.56 Å². The van der Waals surface area contributed by atoms with Crippen LogP contribution in [0.1, 0.15) is 5.56 Å². The topological polar surface area (TPSA) is 25.8 Å². The van der Waals surface area contributed by atoms with Crippen molar-refractivity contribution in [2.45, 2.75) is 6.92 Å². The molecule has 0 atom stereocenters. The van der Waals surface area contributed by atoms with E-state index in [4.69, 9.17) is 11.6 Å². The van der Waals surface area contributed by atoms with Crippen LogP contribution in [-0.4, -0.2) is 9.97 Å². The Bertz CT molecular complexity index is 673. The monoisotopic (exact) mass is 260 g/mol. The van der Waals surface area contributed by atoms with E-state index in [1.54, 1.807) is 17.5 Å². The molecule has 0 saturated carbocycles. The van der Waals surface area contributed by atoms with Gasteiger partial charge in [0.05, 0.1) is 4.70 Å². The number of aromatic nitrogens is 2. The van der Waals surface area contributed by atoms with E-state index in [2.05, 4.69) is 41.2 Å². The van der Waals surface area contributed by atoms with Crippen molar-refractivity contribution in [1.29, 1.82) is 0 Å². The number of benzene rings is 1. The first-order valence-electron chi connectivity index (χ1n) is 5.22. The quantitative estimate of drug-likeness (QED) is 0.609. The van der Waals surface area contributed by atoms with Gasteiger partial charge in [-0.2, -0.15) is 0 Å². The highest BCUT2D eigenvalue weighted by Crippen LogP contribution is 2.32. The lowest BCUT2D eigenvalue weighted by atomic mass is 10.2. The Labute approximate surface area is 108 Å². The van der Waals surface area contributed by atoms with Crippen molar-refractivity contribution in [2.75, 3.05) is 0 Å². The van der Waals surface area contributed by atoms with Gasteiger partial charge < -0.3 is 0 Å². The molecule has 0 N–H and O–H groups in total. The highest BCUT2D eigenvalue weighted by atomic mass is 35.5. The second-order valence-corrected chi connectivity index (χ2v) is 5.22. The number of halogens is 1. The number of rotatable bonds is 1. The molecule has 2 nitrogen and oxygen atoms in total.